The molecule has 0 heterocycles. The Morgan fingerprint density at radius 2 is 1.73 bits per heavy atom. The number of alkyl halides is 5. The van der Waals surface area contributed by atoms with Crippen LogP contribution in [-0.4, -0.2) is 51.9 Å². The molecule has 1 aromatic carbocycles. The van der Waals surface area contributed by atoms with Crippen molar-refractivity contribution in [3.8, 4) is 5.75 Å². The number of rotatable bonds is 11. The number of aliphatic hydroxyl groups excluding tert-OH is 1. The van der Waals surface area contributed by atoms with Gasteiger partial charge in [0.1, 0.15) is 23.9 Å². The highest BCUT2D eigenvalue weighted by molar-refractivity contribution is 7.85. The largest absolute Gasteiger partial charge is 0.491 e. The molecule has 3 unspecified atom stereocenters. The van der Waals surface area contributed by atoms with E-state index in [0.717, 1.165) is 0 Å². The maximum atomic E-state index is 12.8. The van der Waals surface area contributed by atoms with Crippen LogP contribution in [0, 0.1) is 0 Å². The first-order chi connectivity index (χ1) is 12.0. The molecule has 0 amide bonds. The molecule has 3 atom stereocenters. The molecule has 0 aliphatic rings. The van der Waals surface area contributed by atoms with Crippen LogP contribution in [0.3, 0.4) is 0 Å². The molecular weight excluding hydrogens is 383 g/mol. The van der Waals surface area contributed by atoms with Crippen molar-refractivity contribution in [2.24, 2.45) is 0 Å². The number of para-hydroxylation sites is 1. The Labute approximate surface area is 150 Å². The van der Waals surface area contributed by atoms with Gasteiger partial charge in [-0.2, -0.15) is 22.0 Å². The lowest BCUT2D eigenvalue weighted by molar-refractivity contribution is -0.284. The fourth-order valence-electron chi connectivity index (χ4n) is 1.82. The third-order valence-electron chi connectivity index (χ3n) is 3.33. The lowest BCUT2D eigenvalue weighted by atomic mass is 10.2. The van der Waals surface area contributed by atoms with Crippen molar-refractivity contribution in [3.05, 3.63) is 30.3 Å². The van der Waals surface area contributed by atoms with Gasteiger partial charge in [-0.25, -0.2) is 0 Å². The predicted octanol–water partition coefficient (Wildman–Crippen LogP) is 3.52. The van der Waals surface area contributed by atoms with Gasteiger partial charge in [-0.3, -0.25) is 4.21 Å². The average molecular weight is 404 g/mol. The van der Waals surface area contributed by atoms with E-state index in [0.29, 0.717) is 5.75 Å². The van der Waals surface area contributed by atoms with E-state index in [1.807, 2.05) is 0 Å². The molecule has 0 bridgehead atoms. The molecule has 150 valence electrons. The summed E-state index contributed by atoms with van der Waals surface area (Å²) in [6.07, 6.45) is -8.61. The maximum absolute atomic E-state index is 12.8. The SMILES string of the molecule is CC(OCC(O)COc1ccccc1)S(=O)CCCC(F)(F)C(F)(F)F. The van der Waals surface area contributed by atoms with Gasteiger partial charge in [0.15, 0.2) is 0 Å². The molecule has 0 saturated carbocycles. The highest BCUT2D eigenvalue weighted by Crippen LogP contribution is 2.38. The van der Waals surface area contributed by atoms with Crippen LogP contribution in [-0.2, 0) is 15.5 Å². The maximum Gasteiger partial charge on any atom is 0.453 e. The third-order valence-corrected chi connectivity index (χ3v) is 4.90. The van der Waals surface area contributed by atoms with Crippen LogP contribution in [0.15, 0.2) is 30.3 Å². The van der Waals surface area contributed by atoms with Gasteiger partial charge in [-0.05, 0) is 25.5 Å². The van der Waals surface area contributed by atoms with Crippen molar-refractivity contribution in [1.82, 2.24) is 0 Å². The van der Waals surface area contributed by atoms with E-state index >= 15 is 0 Å². The molecule has 4 nitrogen and oxygen atoms in total. The summed E-state index contributed by atoms with van der Waals surface area (Å²) >= 11 is 0. The number of aliphatic hydroxyl groups is 1. The van der Waals surface area contributed by atoms with Gasteiger partial charge in [0.25, 0.3) is 0 Å². The first-order valence-electron chi connectivity index (χ1n) is 7.82. The number of hydrogen-bond acceptors (Lipinski definition) is 4. The van der Waals surface area contributed by atoms with E-state index in [2.05, 4.69) is 0 Å². The van der Waals surface area contributed by atoms with Crippen molar-refractivity contribution < 1.29 is 40.7 Å². The molecule has 1 aromatic rings. The van der Waals surface area contributed by atoms with E-state index in [4.69, 9.17) is 9.47 Å². The molecule has 0 aromatic heterocycles. The van der Waals surface area contributed by atoms with Crippen molar-refractivity contribution in [2.75, 3.05) is 19.0 Å². The smallest absolute Gasteiger partial charge is 0.453 e. The zero-order chi connectivity index (χ0) is 19.8. The third kappa shape index (κ3) is 7.96. The van der Waals surface area contributed by atoms with Gasteiger partial charge in [-0.15, -0.1) is 0 Å². The molecule has 0 aliphatic heterocycles. The first kappa shape index (κ1) is 22.8. The highest BCUT2D eigenvalue weighted by Gasteiger charge is 2.56. The van der Waals surface area contributed by atoms with Crippen LogP contribution in [0.5, 0.6) is 5.75 Å². The van der Waals surface area contributed by atoms with E-state index < -0.39 is 47.3 Å². The summed E-state index contributed by atoms with van der Waals surface area (Å²) in [5, 5.41) is 9.74. The summed E-state index contributed by atoms with van der Waals surface area (Å²) in [5.74, 6) is -4.61. The highest BCUT2D eigenvalue weighted by atomic mass is 32.2. The van der Waals surface area contributed by atoms with Crippen LogP contribution in [0.2, 0.25) is 0 Å². The van der Waals surface area contributed by atoms with Crippen LogP contribution >= 0.6 is 0 Å². The molecule has 1 N–H and O–H groups in total. The topological polar surface area (TPSA) is 55.8 Å². The van der Waals surface area contributed by atoms with Crippen molar-refractivity contribution in [3.63, 3.8) is 0 Å². The van der Waals surface area contributed by atoms with Gasteiger partial charge in [0.05, 0.1) is 17.4 Å². The van der Waals surface area contributed by atoms with Crippen LogP contribution < -0.4 is 4.74 Å². The Morgan fingerprint density at radius 1 is 1.12 bits per heavy atom. The van der Waals surface area contributed by atoms with Gasteiger partial charge in [0, 0.05) is 12.2 Å². The molecule has 26 heavy (non-hydrogen) atoms. The van der Waals surface area contributed by atoms with E-state index in [1.54, 1.807) is 30.3 Å². The van der Waals surface area contributed by atoms with E-state index in [9.17, 15) is 31.3 Å². The molecular formula is C16H21F5O4S. The van der Waals surface area contributed by atoms with Crippen LogP contribution in [0.25, 0.3) is 0 Å². The second-order valence-corrected chi connectivity index (χ2v) is 7.40. The molecule has 0 radical (unpaired) electrons. The molecule has 1 rings (SSSR count). The van der Waals surface area contributed by atoms with Crippen molar-refractivity contribution in [2.45, 2.75) is 43.4 Å². The van der Waals surface area contributed by atoms with Crippen LogP contribution in [0.4, 0.5) is 22.0 Å². The summed E-state index contributed by atoms with van der Waals surface area (Å²) in [4.78, 5) is 0. The quantitative estimate of drug-likeness (QED) is 0.574. The van der Waals surface area contributed by atoms with Gasteiger partial charge < -0.3 is 14.6 Å². The fraction of sp³-hybridized carbons (Fsp3) is 0.625. The minimum Gasteiger partial charge on any atom is -0.491 e. The predicted molar refractivity (Wildman–Crippen MR) is 86.6 cm³/mol. The zero-order valence-electron chi connectivity index (χ0n) is 14.0. The van der Waals surface area contributed by atoms with Crippen molar-refractivity contribution in [1.29, 1.82) is 0 Å². The summed E-state index contributed by atoms with van der Waals surface area (Å²) in [6, 6.07) is 8.70. The second kappa shape index (κ2) is 10.2. The second-order valence-electron chi connectivity index (χ2n) is 5.57. The van der Waals surface area contributed by atoms with E-state index in [1.165, 1.54) is 6.92 Å². The fourth-order valence-corrected chi connectivity index (χ4v) is 2.82. The Bertz CT molecular complexity index is 553. The Kier molecular flexibility index (Phi) is 8.91. The van der Waals surface area contributed by atoms with Gasteiger partial charge in [0.2, 0.25) is 0 Å². The lowest BCUT2D eigenvalue weighted by Gasteiger charge is -2.20. The molecule has 0 saturated heterocycles. The Hall–Kier alpha value is -1.26. The van der Waals surface area contributed by atoms with E-state index in [-0.39, 0.29) is 19.0 Å². The minimum atomic E-state index is -5.61. The first-order valence-corrected chi connectivity index (χ1v) is 9.20. The zero-order valence-corrected chi connectivity index (χ0v) is 14.9. The number of halogens is 5. The molecule has 10 heteroatoms. The normalized spacial score (nSPS) is 16.1. The number of ether oxygens (including phenoxy) is 2. The summed E-state index contributed by atoms with van der Waals surface area (Å²) in [5.41, 5.74) is -0.916. The average Bonchev–Trinajstić information content (AvgIpc) is 2.57. The van der Waals surface area contributed by atoms with Gasteiger partial charge >= 0.3 is 12.1 Å². The number of benzene rings is 1. The number of hydrogen-bond donors (Lipinski definition) is 1. The van der Waals surface area contributed by atoms with Crippen molar-refractivity contribution >= 4 is 10.8 Å². The monoisotopic (exact) mass is 404 g/mol. The Balaban J connectivity index is 2.25. The summed E-state index contributed by atoms with van der Waals surface area (Å²) < 4.78 is 83.9. The summed E-state index contributed by atoms with van der Waals surface area (Å²) in [6.45, 7) is 1.11. The molecule has 0 fully saturated rings. The summed E-state index contributed by atoms with van der Waals surface area (Å²) in [7, 11) is -1.76. The minimum absolute atomic E-state index is 0.0683. The molecule has 0 spiro atoms. The molecule has 0 aliphatic carbocycles. The lowest BCUT2D eigenvalue weighted by Crippen LogP contribution is -2.36. The van der Waals surface area contributed by atoms with Gasteiger partial charge in [-0.1, -0.05) is 18.2 Å². The standard InChI is InChI=1S/C16H21F5O4S/c1-12(26(23)9-5-8-15(17,18)16(19,20)21)24-10-13(22)11-25-14-6-3-2-4-7-14/h2-4,6-7,12-13,22H,5,8-11H2,1H3. The Morgan fingerprint density at radius 3 is 2.31 bits per heavy atom. The van der Waals surface area contributed by atoms with Crippen LogP contribution in [0.1, 0.15) is 19.8 Å².